The maximum atomic E-state index is 5.72. The Kier molecular flexibility index (Phi) is 3.81. The van der Waals surface area contributed by atoms with Crippen LogP contribution in [0, 0.1) is 5.92 Å². The van der Waals surface area contributed by atoms with Crippen molar-refractivity contribution in [3.63, 3.8) is 0 Å². The van der Waals surface area contributed by atoms with E-state index in [4.69, 9.17) is 10.5 Å². The van der Waals surface area contributed by atoms with Gasteiger partial charge in [0, 0.05) is 17.8 Å². The van der Waals surface area contributed by atoms with Gasteiger partial charge in [-0.25, -0.2) is 0 Å². The molecule has 2 N–H and O–H groups in total. The molecule has 1 aromatic carbocycles. The van der Waals surface area contributed by atoms with Crippen molar-refractivity contribution in [3.8, 4) is 5.75 Å². The Balaban J connectivity index is 2.18. The predicted octanol–water partition coefficient (Wildman–Crippen LogP) is 2.65. The van der Waals surface area contributed by atoms with Gasteiger partial charge in [0.2, 0.25) is 0 Å². The van der Waals surface area contributed by atoms with Crippen molar-refractivity contribution in [2.45, 2.75) is 32.2 Å². The molecule has 0 aromatic heterocycles. The predicted molar refractivity (Wildman–Crippen MR) is 76.2 cm³/mol. The number of nitrogens with two attached hydrogens (primary N) is 1. The molecule has 18 heavy (non-hydrogen) atoms. The van der Waals surface area contributed by atoms with Gasteiger partial charge in [-0.3, -0.25) is 0 Å². The molecule has 1 saturated heterocycles. The van der Waals surface area contributed by atoms with Crippen LogP contribution in [0.1, 0.15) is 26.7 Å². The van der Waals surface area contributed by atoms with Gasteiger partial charge in [0.15, 0.2) is 0 Å². The lowest BCUT2D eigenvalue weighted by Gasteiger charge is -2.38. The maximum Gasteiger partial charge on any atom is 0.119 e. The summed E-state index contributed by atoms with van der Waals surface area (Å²) in [6, 6.07) is 8.35. The Bertz CT molecular complexity index is 386. The number of benzene rings is 1. The number of nitrogens with zero attached hydrogens (tertiary/aromatic N) is 1. The average molecular weight is 248 g/mol. The average Bonchev–Trinajstić information content (AvgIpc) is 2.66. The van der Waals surface area contributed by atoms with E-state index >= 15 is 0 Å². The van der Waals surface area contributed by atoms with E-state index in [0.29, 0.717) is 5.92 Å². The zero-order chi connectivity index (χ0) is 13.2. The van der Waals surface area contributed by atoms with Gasteiger partial charge in [0.1, 0.15) is 5.75 Å². The van der Waals surface area contributed by atoms with Crippen LogP contribution in [0.25, 0.3) is 0 Å². The van der Waals surface area contributed by atoms with Crippen LogP contribution in [0.3, 0.4) is 0 Å². The van der Waals surface area contributed by atoms with Crippen LogP contribution in [-0.2, 0) is 0 Å². The number of methoxy groups -OCH3 is 1. The Labute approximate surface area is 110 Å². The highest BCUT2D eigenvalue weighted by atomic mass is 16.5. The number of anilines is 1. The summed E-state index contributed by atoms with van der Waals surface area (Å²) in [4.78, 5) is 2.49. The van der Waals surface area contributed by atoms with Crippen molar-refractivity contribution in [1.29, 1.82) is 0 Å². The van der Waals surface area contributed by atoms with E-state index in [0.717, 1.165) is 25.3 Å². The van der Waals surface area contributed by atoms with E-state index in [9.17, 15) is 0 Å². The summed E-state index contributed by atoms with van der Waals surface area (Å²) in [5, 5.41) is 0. The third-order valence-corrected chi connectivity index (χ3v) is 4.30. The Morgan fingerprint density at radius 3 is 2.56 bits per heavy atom. The summed E-state index contributed by atoms with van der Waals surface area (Å²) in [7, 11) is 1.70. The fourth-order valence-electron chi connectivity index (χ4n) is 3.07. The van der Waals surface area contributed by atoms with Crippen LogP contribution < -0.4 is 15.4 Å². The molecule has 1 aromatic rings. The zero-order valence-electron chi connectivity index (χ0n) is 11.6. The lowest BCUT2D eigenvalue weighted by molar-refractivity contribution is 0.348. The van der Waals surface area contributed by atoms with E-state index in [1.165, 1.54) is 12.1 Å². The highest BCUT2D eigenvalue weighted by Gasteiger charge is 2.40. The Morgan fingerprint density at radius 1 is 1.33 bits per heavy atom. The molecule has 2 rings (SSSR count). The fraction of sp³-hybridized carbons (Fsp3) is 0.600. The molecule has 1 aliphatic rings. The van der Waals surface area contributed by atoms with Gasteiger partial charge >= 0.3 is 0 Å². The number of ether oxygens (including phenoxy) is 1. The summed E-state index contributed by atoms with van der Waals surface area (Å²) >= 11 is 0. The van der Waals surface area contributed by atoms with E-state index in [-0.39, 0.29) is 5.54 Å². The van der Waals surface area contributed by atoms with Crippen LogP contribution in [0.15, 0.2) is 24.3 Å². The highest BCUT2D eigenvalue weighted by Crippen LogP contribution is 2.39. The largest absolute Gasteiger partial charge is 0.497 e. The topological polar surface area (TPSA) is 38.5 Å². The van der Waals surface area contributed by atoms with E-state index in [2.05, 4.69) is 30.9 Å². The van der Waals surface area contributed by atoms with Gasteiger partial charge in [-0.2, -0.15) is 0 Å². The molecule has 0 bridgehead atoms. The van der Waals surface area contributed by atoms with Gasteiger partial charge in [0.05, 0.1) is 7.11 Å². The van der Waals surface area contributed by atoms with Crippen molar-refractivity contribution >= 4 is 5.69 Å². The summed E-state index contributed by atoms with van der Waals surface area (Å²) in [6.07, 6.45) is 2.34. The zero-order valence-corrected chi connectivity index (χ0v) is 11.6. The molecule has 3 heteroatoms. The fourth-order valence-corrected chi connectivity index (χ4v) is 3.07. The van der Waals surface area contributed by atoms with Crippen molar-refractivity contribution < 1.29 is 4.74 Å². The highest BCUT2D eigenvalue weighted by molar-refractivity contribution is 5.52. The second-order valence-electron chi connectivity index (χ2n) is 5.57. The van der Waals surface area contributed by atoms with E-state index < -0.39 is 0 Å². The van der Waals surface area contributed by atoms with Gasteiger partial charge < -0.3 is 15.4 Å². The minimum absolute atomic E-state index is 0.188. The van der Waals surface area contributed by atoms with Crippen LogP contribution in [0.5, 0.6) is 5.75 Å². The van der Waals surface area contributed by atoms with Gasteiger partial charge in [-0.05, 0) is 63.4 Å². The van der Waals surface area contributed by atoms with Gasteiger partial charge in [-0.1, -0.05) is 0 Å². The summed E-state index contributed by atoms with van der Waals surface area (Å²) in [5.74, 6) is 1.60. The third-order valence-electron chi connectivity index (χ3n) is 4.30. The molecule has 0 saturated carbocycles. The Hall–Kier alpha value is -1.22. The van der Waals surface area contributed by atoms with Gasteiger partial charge in [0.25, 0.3) is 0 Å². The van der Waals surface area contributed by atoms with Crippen LogP contribution in [0.4, 0.5) is 5.69 Å². The van der Waals surface area contributed by atoms with Gasteiger partial charge in [-0.15, -0.1) is 0 Å². The lowest BCUT2D eigenvalue weighted by Crippen LogP contribution is -2.43. The SMILES string of the molecule is COc1ccc(N2CCC(CCN)C2(C)C)cc1. The molecular weight excluding hydrogens is 224 g/mol. The number of rotatable bonds is 4. The van der Waals surface area contributed by atoms with Crippen LogP contribution in [0.2, 0.25) is 0 Å². The first-order valence-electron chi connectivity index (χ1n) is 6.71. The van der Waals surface area contributed by atoms with Crippen LogP contribution in [-0.4, -0.2) is 25.7 Å². The third kappa shape index (κ3) is 2.32. The molecule has 1 fully saturated rings. The van der Waals surface area contributed by atoms with Crippen molar-refractivity contribution in [2.24, 2.45) is 11.7 Å². The van der Waals surface area contributed by atoms with Crippen molar-refractivity contribution in [1.82, 2.24) is 0 Å². The second-order valence-corrected chi connectivity index (χ2v) is 5.57. The first-order valence-corrected chi connectivity index (χ1v) is 6.71. The van der Waals surface area contributed by atoms with E-state index in [1.54, 1.807) is 7.11 Å². The molecule has 100 valence electrons. The molecular formula is C15H24N2O. The van der Waals surface area contributed by atoms with E-state index in [1.807, 2.05) is 12.1 Å². The molecule has 1 unspecified atom stereocenters. The standard InChI is InChI=1S/C15H24N2O/c1-15(2)12(8-10-16)9-11-17(15)13-4-6-14(18-3)7-5-13/h4-7,12H,8-11,16H2,1-3H3. The van der Waals surface area contributed by atoms with Crippen LogP contribution >= 0.6 is 0 Å². The molecule has 1 atom stereocenters. The molecule has 0 spiro atoms. The molecule has 0 radical (unpaired) electrons. The number of hydrogen-bond acceptors (Lipinski definition) is 3. The normalized spacial score (nSPS) is 22.2. The first kappa shape index (κ1) is 13.2. The molecule has 1 heterocycles. The monoisotopic (exact) mass is 248 g/mol. The molecule has 3 nitrogen and oxygen atoms in total. The smallest absolute Gasteiger partial charge is 0.119 e. The summed E-state index contributed by atoms with van der Waals surface area (Å²) < 4.78 is 5.21. The quantitative estimate of drug-likeness (QED) is 0.890. The van der Waals surface area contributed by atoms with Crippen molar-refractivity contribution in [3.05, 3.63) is 24.3 Å². The number of hydrogen-bond donors (Lipinski definition) is 1. The summed E-state index contributed by atoms with van der Waals surface area (Å²) in [6.45, 7) is 6.55. The minimum Gasteiger partial charge on any atom is -0.497 e. The minimum atomic E-state index is 0.188. The lowest BCUT2D eigenvalue weighted by atomic mass is 9.85. The first-order chi connectivity index (χ1) is 8.59. The second kappa shape index (κ2) is 5.19. The molecule has 0 aliphatic carbocycles. The molecule has 0 amide bonds. The maximum absolute atomic E-state index is 5.72. The van der Waals surface area contributed by atoms with Crippen molar-refractivity contribution in [2.75, 3.05) is 25.1 Å². The Morgan fingerprint density at radius 2 is 2.00 bits per heavy atom. The summed E-state index contributed by atoms with van der Waals surface area (Å²) in [5.41, 5.74) is 7.18. The molecule has 1 aliphatic heterocycles.